The van der Waals surface area contributed by atoms with E-state index >= 15 is 0 Å². The standard InChI is InChI=1S/C12H17BrN2O2/c1-9(2)17-8-4-7-14-12(16)10-5-3-6-11(13)15-10/h3,5-6,9H,4,7-8H2,1-2H3,(H,14,16). The van der Waals surface area contributed by atoms with Crippen molar-refractivity contribution in [1.29, 1.82) is 0 Å². The van der Waals surface area contributed by atoms with Crippen LogP contribution in [0.15, 0.2) is 22.8 Å². The molecule has 1 amide bonds. The van der Waals surface area contributed by atoms with Crippen LogP contribution in [0, 0.1) is 0 Å². The van der Waals surface area contributed by atoms with Gasteiger partial charge in [-0.25, -0.2) is 4.98 Å². The number of pyridine rings is 1. The summed E-state index contributed by atoms with van der Waals surface area (Å²) in [5, 5.41) is 2.80. The van der Waals surface area contributed by atoms with Crippen molar-refractivity contribution in [2.24, 2.45) is 0 Å². The van der Waals surface area contributed by atoms with Gasteiger partial charge in [-0.05, 0) is 48.3 Å². The van der Waals surface area contributed by atoms with E-state index in [1.807, 2.05) is 13.8 Å². The Kier molecular flexibility index (Phi) is 6.15. The van der Waals surface area contributed by atoms with Gasteiger partial charge in [0.05, 0.1) is 6.10 Å². The highest BCUT2D eigenvalue weighted by Crippen LogP contribution is 2.05. The van der Waals surface area contributed by atoms with Crippen molar-refractivity contribution in [3.63, 3.8) is 0 Å². The summed E-state index contributed by atoms with van der Waals surface area (Å²) in [6.45, 7) is 5.23. The van der Waals surface area contributed by atoms with Gasteiger partial charge < -0.3 is 10.1 Å². The molecule has 94 valence electrons. The van der Waals surface area contributed by atoms with Crippen LogP contribution >= 0.6 is 15.9 Å². The Labute approximate surface area is 110 Å². The number of halogens is 1. The quantitative estimate of drug-likeness (QED) is 0.648. The van der Waals surface area contributed by atoms with Crippen LogP contribution in [0.2, 0.25) is 0 Å². The maximum Gasteiger partial charge on any atom is 0.269 e. The van der Waals surface area contributed by atoms with Crippen LogP contribution in [0.25, 0.3) is 0 Å². The molecule has 5 heteroatoms. The molecule has 1 rings (SSSR count). The minimum absolute atomic E-state index is 0.157. The number of carbonyl (C=O) groups excluding carboxylic acids is 1. The number of hydrogen-bond donors (Lipinski definition) is 1. The Bertz CT molecular complexity index is 369. The van der Waals surface area contributed by atoms with E-state index in [2.05, 4.69) is 26.2 Å². The summed E-state index contributed by atoms with van der Waals surface area (Å²) in [6.07, 6.45) is 1.04. The maximum absolute atomic E-state index is 11.7. The molecule has 1 heterocycles. The second-order valence-corrected chi connectivity index (χ2v) is 4.69. The molecule has 0 aliphatic rings. The fourth-order valence-corrected chi connectivity index (χ4v) is 1.56. The van der Waals surface area contributed by atoms with Gasteiger partial charge in [-0.15, -0.1) is 0 Å². The van der Waals surface area contributed by atoms with Crippen LogP contribution in [0.3, 0.4) is 0 Å². The monoisotopic (exact) mass is 300 g/mol. The minimum atomic E-state index is -0.157. The van der Waals surface area contributed by atoms with E-state index in [0.29, 0.717) is 23.4 Å². The molecule has 0 radical (unpaired) electrons. The first-order valence-corrected chi connectivity index (χ1v) is 6.41. The van der Waals surface area contributed by atoms with Crippen molar-refractivity contribution in [1.82, 2.24) is 10.3 Å². The van der Waals surface area contributed by atoms with E-state index in [-0.39, 0.29) is 12.0 Å². The highest BCUT2D eigenvalue weighted by atomic mass is 79.9. The smallest absolute Gasteiger partial charge is 0.269 e. The van der Waals surface area contributed by atoms with Gasteiger partial charge in [0.25, 0.3) is 5.91 Å². The van der Waals surface area contributed by atoms with Gasteiger partial charge in [-0.2, -0.15) is 0 Å². The molecule has 0 aromatic carbocycles. The molecule has 1 aromatic rings. The molecule has 0 aliphatic carbocycles. The highest BCUT2D eigenvalue weighted by molar-refractivity contribution is 9.10. The lowest BCUT2D eigenvalue weighted by molar-refractivity contribution is 0.0756. The first-order chi connectivity index (χ1) is 8.09. The Hall–Kier alpha value is -0.940. The van der Waals surface area contributed by atoms with E-state index in [1.165, 1.54) is 0 Å². The van der Waals surface area contributed by atoms with Crippen molar-refractivity contribution in [2.45, 2.75) is 26.4 Å². The Morgan fingerprint density at radius 1 is 1.53 bits per heavy atom. The minimum Gasteiger partial charge on any atom is -0.379 e. The fourth-order valence-electron chi connectivity index (χ4n) is 1.22. The SMILES string of the molecule is CC(C)OCCCNC(=O)c1cccc(Br)n1. The molecule has 0 fully saturated rings. The lowest BCUT2D eigenvalue weighted by Gasteiger charge is -2.08. The molecule has 1 N–H and O–H groups in total. The van der Waals surface area contributed by atoms with Gasteiger partial charge in [-0.3, -0.25) is 4.79 Å². The predicted octanol–water partition coefficient (Wildman–Crippen LogP) is 2.39. The Morgan fingerprint density at radius 2 is 2.29 bits per heavy atom. The average molecular weight is 301 g/mol. The topological polar surface area (TPSA) is 51.2 Å². The molecular formula is C12H17BrN2O2. The lowest BCUT2D eigenvalue weighted by atomic mass is 10.3. The zero-order valence-corrected chi connectivity index (χ0v) is 11.7. The number of ether oxygens (including phenoxy) is 1. The number of aromatic nitrogens is 1. The normalized spacial score (nSPS) is 10.6. The second-order valence-electron chi connectivity index (χ2n) is 3.87. The first kappa shape index (κ1) is 14.1. The third-order valence-electron chi connectivity index (χ3n) is 2.01. The van der Waals surface area contributed by atoms with Crippen LogP contribution < -0.4 is 5.32 Å². The first-order valence-electron chi connectivity index (χ1n) is 5.62. The molecule has 0 unspecified atom stereocenters. The van der Waals surface area contributed by atoms with E-state index < -0.39 is 0 Å². The van der Waals surface area contributed by atoms with E-state index in [4.69, 9.17) is 4.74 Å². The molecule has 0 saturated heterocycles. The zero-order chi connectivity index (χ0) is 12.7. The molecule has 0 aliphatic heterocycles. The summed E-state index contributed by atoms with van der Waals surface area (Å²) in [5.74, 6) is -0.157. The second kappa shape index (κ2) is 7.40. The van der Waals surface area contributed by atoms with Crippen molar-refractivity contribution >= 4 is 21.8 Å². The van der Waals surface area contributed by atoms with E-state index in [0.717, 1.165) is 6.42 Å². The highest BCUT2D eigenvalue weighted by Gasteiger charge is 2.06. The molecule has 4 nitrogen and oxygen atoms in total. The van der Waals surface area contributed by atoms with Crippen molar-refractivity contribution in [3.8, 4) is 0 Å². The number of nitrogens with zero attached hydrogens (tertiary/aromatic N) is 1. The summed E-state index contributed by atoms with van der Waals surface area (Å²) < 4.78 is 6.03. The van der Waals surface area contributed by atoms with Gasteiger partial charge in [0, 0.05) is 13.2 Å². The largest absolute Gasteiger partial charge is 0.379 e. The molecule has 0 bridgehead atoms. The third-order valence-corrected chi connectivity index (χ3v) is 2.45. The molecule has 0 spiro atoms. The average Bonchev–Trinajstić information content (AvgIpc) is 2.28. The van der Waals surface area contributed by atoms with Crippen LogP contribution in [-0.4, -0.2) is 30.1 Å². The Morgan fingerprint density at radius 3 is 2.94 bits per heavy atom. The van der Waals surface area contributed by atoms with Crippen LogP contribution in [-0.2, 0) is 4.74 Å². The van der Waals surface area contributed by atoms with E-state index in [9.17, 15) is 4.79 Å². The number of amides is 1. The maximum atomic E-state index is 11.7. The third kappa shape index (κ3) is 5.79. The van der Waals surface area contributed by atoms with Gasteiger partial charge >= 0.3 is 0 Å². The summed E-state index contributed by atoms with van der Waals surface area (Å²) in [4.78, 5) is 15.7. The molecule has 1 aromatic heterocycles. The molecular weight excluding hydrogens is 284 g/mol. The van der Waals surface area contributed by atoms with Gasteiger partial charge in [-0.1, -0.05) is 6.07 Å². The van der Waals surface area contributed by atoms with Crippen LogP contribution in [0.5, 0.6) is 0 Å². The number of hydrogen-bond acceptors (Lipinski definition) is 3. The fraction of sp³-hybridized carbons (Fsp3) is 0.500. The molecule has 17 heavy (non-hydrogen) atoms. The van der Waals surface area contributed by atoms with Gasteiger partial charge in [0.15, 0.2) is 0 Å². The zero-order valence-electron chi connectivity index (χ0n) is 10.1. The van der Waals surface area contributed by atoms with Crippen molar-refractivity contribution in [3.05, 3.63) is 28.5 Å². The molecule has 0 atom stereocenters. The summed E-state index contributed by atoms with van der Waals surface area (Å²) >= 11 is 3.23. The van der Waals surface area contributed by atoms with Crippen LogP contribution in [0.1, 0.15) is 30.8 Å². The number of nitrogens with one attached hydrogen (secondary N) is 1. The van der Waals surface area contributed by atoms with Crippen molar-refractivity contribution < 1.29 is 9.53 Å². The number of rotatable bonds is 6. The van der Waals surface area contributed by atoms with E-state index in [1.54, 1.807) is 18.2 Å². The van der Waals surface area contributed by atoms with Crippen LogP contribution in [0.4, 0.5) is 0 Å². The summed E-state index contributed by atoms with van der Waals surface area (Å²) in [7, 11) is 0. The van der Waals surface area contributed by atoms with Crippen molar-refractivity contribution in [2.75, 3.05) is 13.2 Å². The van der Waals surface area contributed by atoms with Gasteiger partial charge in [0.2, 0.25) is 0 Å². The summed E-state index contributed by atoms with van der Waals surface area (Å²) in [5.41, 5.74) is 0.421. The Balaban J connectivity index is 2.26. The number of carbonyl (C=O) groups is 1. The van der Waals surface area contributed by atoms with Gasteiger partial charge in [0.1, 0.15) is 10.3 Å². The summed E-state index contributed by atoms with van der Waals surface area (Å²) in [6, 6.07) is 5.26. The lowest BCUT2D eigenvalue weighted by Crippen LogP contribution is -2.26. The molecule has 0 saturated carbocycles. The predicted molar refractivity (Wildman–Crippen MR) is 70.0 cm³/mol.